The monoisotopic (exact) mass is 394 g/mol. The predicted octanol–water partition coefficient (Wildman–Crippen LogP) is 6.59. The molecule has 0 aromatic carbocycles. The SMILES string of the molecule is CC[Si](CC)(CC)O/C(=C\C1CCCCC1)C1OC2(CCCC2)COC1C. The fraction of sp³-hybridized carbons (Fsp3) is 0.913. The van der Waals surface area contributed by atoms with E-state index in [-0.39, 0.29) is 17.8 Å². The number of hydrogen-bond donors (Lipinski definition) is 0. The lowest BCUT2D eigenvalue weighted by atomic mass is 9.88. The first kappa shape index (κ1) is 21.4. The third kappa shape index (κ3) is 5.00. The molecule has 27 heavy (non-hydrogen) atoms. The fourth-order valence-corrected chi connectivity index (χ4v) is 7.89. The largest absolute Gasteiger partial charge is 0.545 e. The molecule has 4 heteroatoms. The minimum atomic E-state index is -1.73. The van der Waals surface area contributed by atoms with Gasteiger partial charge in [0.1, 0.15) is 11.9 Å². The van der Waals surface area contributed by atoms with Crippen LogP contribution in [-0.2, 0) is 13.9 Å². The van der Waals surface area contributed by atoms with Gasteiger partial charge in [-0.25, -0.2) is 0 Å². The highest BCUT2D eigenvalue weighted by atomic mass is 28.4. The smallest absolute Gasteiger partial charge is 0.250 e. The summed E-state index contributed by atoms with van der Waals surface area (Å²) in [5, 5.41) is 0. The molecule has 1 heterocycles. The molecule has 0 radical (unpaired) electrons. The summed E-state index contributed by atoms with van der Waals surface area (Å²) in [4.78, 5) is 0. The van der Waals surface area contributed by atoms with Gasteiger partial charge in [0.05, 0.1) is 18.3 Å². The van der Waals surface area contributed by atoms with Crippen LogP contribution in [0.25, 0.3) is 0 Å². The van der Waals surface area contributed by atoms with Gasteiger partial charge in [0.15, 0.2) is 0 Å². The summed E-state index contributed by atoms with van der Waals surface area (Å²) in [6, 6.07) is 3.53. The van der Waals surface area contributed by atoms with Crippen molar-refractivity contribution in [3.8, 4) is 0 Å². The zero-order chi connectivity index (χ0) is 19.3. The van der Waals surface area contributed by atoms with Crippen LogP contribution in [-0.4, -0.2) is 32.7 Å². The third-order valence-corrected chi connectivity index (χ3v) is 12.1. The second-order valence-electron chi connectivity index (χ2n) is 9.26. The molecule has 156 valence electrons. The zero-order valence-corrected chi connectivity index (χ0v) is 19.2. The Morgan fingerprint density at radius 1 is 1.00 bits per heavy atom. The van der Waals surface area contributed by atoms with Gasteiger partial charge in [-0.3, -0.25) is 0 Å². The molecule has 2 aliphatic carbocycles. The summed E-state index contributed by atoms with van der Waals surface area (Å²) in [6.45, 7) is 9.89. The summed E-state index contributed by atoms with van der Waals surface area (Å²) in [5.74, 6) is 1.79. The second-order valence-corrected chi connectivity index (χ2v) is 13.9. The molecule has 3 nitrogen and oxygen atoms in total. The average Bonchev–Trinajstić information content (AvgIpc) is 3.16. The van der Waals surface area contributed by atoms with E-state index in [0.29, 0.717) is 5.92 Å². The van der Waals surface area contributed by atoms with Crippen LogP contribution in [0.3, 0.4) is 0 Å². The maximum absolute atomic E-state index is 7.00. The molecule has 0 aromatic rings. The summed E-state index contributed by atoms with van der Waals surface area (Å²) >= 11 is 0. The molecule has 0 aromatic heterocycles. The predicted molar refractivity (Wildman–Crippen MR) is 114 cm³/mol. The highest BCUT2D eigenvalue weighted by Gasteiger charge is 2.46. The average molecular weight is 395 g/mol. The van der Waals surface area contributed by atoms with Gasteiger partial charge < -0.3 is 13.9 Å². The molecule has 0 amide bonds. The lowest BCUT2D eigenvalue weighted by Crippen LogP contribution is -2.52. The maximum Gasteiger partial charge on any atom is 0.250 e. The van der Waals surface area contributed by atoms with E-state index in [0.717, 1.165) is 25.2 Å². The molecule has 1 saturated heterocycles. The van der Waals surface area contributed by atoms with Crippen LogP contribution < -0.4 is 0 Å². The van der Waals surface area contributed by atoms with E-state index in [9.17, 15) is 0 Å². The van der Waals surface area contributed by atoms with Gasteiger partial charge in [-0.2, -0.15) is 0 Å². The Morgan fingerprint density at radius 2 is 1.63 bits per heavy atom. The summed E-state index contributed by atoms with van der Waals surface area (Å²) in [5.41, 5.74) is -0.0545. The van der Waals surface area contributed by atoms with Crippen molar-refractivity contribution >= 4 is 8.32 Å². The number of rotatable bonds is 7. The molecule has 3 fully saturated rings. The van der Waals surface area contributed by atoms with E-state index in [1.165, 1.54) is 63.1 Å². The van der Waals surface area contributed by atoms with Crippen molar-refractivity contribution in [2.45, 2.75) is 121 Å². The van der Waals surface area contributed by atoms with Crippen LogP contribution >= 0.6 is 0 Å². The molecule has 1 spiro atoms. The summed E-state index contributed by atoms with van der Waals surface area (Å²) in [7, 11) is -1.73. The Hall–Kier alpha value is -0.323. The first-order valence-electron chi connectivity index (χ1n) is 11.8. The van der Waals surface area contributed by atoms with Gasteiger partial charge in [0.2, 0.25) is 8.32 Å². The van der Waals surface area contributed by atoms with Crippen molar-refractivity contribution < 1.29 is 13.9 Å². The van der Waals surface area contributed by atoms with Crippen LogP contribution in [0.15, 0.2) is 11.8 Å². The zero-order valence-electron chi connectivity index (χ0n) is 18.2. The van der Waals surface area contributed by atoms with Crippen LogP contribution in [0.1, 0.15) is 85.5 Å². The topological polar surface area (TPSA) is 27.7 Å². The van der Waals surface area contributed by atoms with Crippen molar-refractivity contribution in [3.05, 3.63) is 11.8 Å². The quantitative estimate of drug-likeness (QED) is 0.360. The van der Waals surface area contributed by atoms with Gasteiger partial charge in [0, 0.05) is 0 Å². The summed E-state index contributed by atoms with van der Waals surface area (Å²) in [6.07, 6.45) is 14.1. The molecule has 0 N–H and O–H groups in total. The number of ether oxygens (including phenoxy) is 2. The van der Waals surface area contributed by atoms with Crippen molar-refractivity contribution in [1.29, 1.82) is 0 Å². The van der Waals surface area contributed by atoms with Crippen LogP contribution in [0, 0.1) is 5.92 Å². The van der Waals surface area contributed by atoms with E-state index < -0.39 is 8.32 Å². The normalized spacial score (nSPS) is 30.0. The van der Waals surface area contributed by atoms with E-state index in [1.54, 1.807) is 0 Å². The fourth-order valence-electron chi connectivity index (χ4n) is 5.28. The Balaban J connectivity index is 1.86. The Kier molecular flexibility index (Phi) is 7.49. The van der Waals surface area contributed by atoms with Gasteiger partial charge >= 0.3 is 0 Å². The standard InChI is InChI=1S/C23H42O3Si/c1-5-27(6-2,7-3)26-21(17-20-13-9-8-10-14-20)22-19(4)24-18-23(25-22)15-11-12-16-23/h17,19-20,22H,5-16,18H2,1-4H3/b21-17-. The molecule has 2 unspecified atom stereocenters. The Bertz CT molecular complexity index is 480. The van der Waals surface area contributed by atoms with Crippen LogP contribution in [0.5, 0.6) is 0 Å². The van der Waals surface area contributed by atoms with E-state index in [2.05, 4.69) is 33.8 Å². The first-order valence-corrected chi connectivity index (χ1v) is 14.3. The lowest BCUT2D eigenvalue weighted by Gasteiger charge is -2.44. The molecule has 3 rings (SSSR count). The van der Waals surface area contributed by atoms with Crippen LogP contribution in [0.2, 0.25) is 18.1 Å². The highest BCUT2D eigenvalue weighted by Crippen LogP contribution is 2.41. The van der Waals surface area contributed by atoms with Crippen molar-refractivity contribution in [3.63, 3.8) is 0 Å². The molecule has 0 bridgehead atoms. The van der Waals surface area contributed by atoms with Gasteiger partial charge in [-0.15, -0.1) is 0 Å². The molecular weight excluding hydrogens is 352 g/mol. The Morgan fingerprint density at radius 3 is 2.22 bits per heavy atom. The van der Waals surface area contributed by atoms with E-state index in [4.69, 9.17) is 13.9 Å². The van der Waals surface area contributed by atoms with Gasteiger partial charge in [0.25, 0.3) is 0 Å². The lowest BCUT2D eigenvalue weighted by molar-refractivity contribution is -0.219. The number of allylic oxidation sites excluding steroid dienone is 1. The van der Waals surface area contributed by atoms with Crippen molar-refractivity contribution in [2.24, 2.45) is 5.92 Å². The minimum absolute atomic E-state index is 0.0182. The van der Waals surface area contributed by atoms with Gasteiger partial charge in [-0.05, 0) is 62.7 Å². The number of hydrogen-bond acceptors (Lipinski definition) is 3. The van der Waals surface area contributed by atoms with E-state index in [1.807, 2.05) is 0 Å². The summed E-state index contributed by atoms with van der Waals surface area (Å²) < 4.78 is 20.1. The second kappa shape index (κ2) is 9.45. The maximum atomic E-state index is 7.00. The molecule has 3 aliphatic rings. The highest BCUT2D eigenvalue weighted by molar-refractivity contribution is 6.73. The third-order valence-electron chi connectivity index (χ3n) is 7.52. The van der Waals surface area contributed by atoms with E-state index >= 15 is 0 Å². The van der Waals surface area contributed by atoms with Crippen molar-refractivity contribution in [2.75, 3.05) is 6.61 Å². The van der Waals surface area contributed by atoms with Crippen molar-refractivity contribution in [1.82, 2.24) is 0 Å². The molecular formula is C23H42O3Si. The molecule has 2 saturated carbocycles. The van der Waals surface area contributed by atoms with Crippen LogP contribution in [0.4, 0.5) is 0 Å². The van der Waals surface area contributed by atoms with Gasteiger partial charge in [-0.1, -0.05) is 52.9 Å². The first-order chi connectivity index (χ1) is 13.1. The molecule has 1 aliphatic heterocycles. The minimum Gasteiger partial charge on any atom is -0.545 e. The molecule has 2 atom stereocenters. The Labute approximate surface area is 168 Å².